The van der Waals surface area contributed by atoms with Crippen molar-refractivity contribution < 1.29 is 13.7 Å². The first-order valence-corrected chi connectivity index (χ1v) is 12.9. The van der Waals surface area contributed by atoms with E-state index in [1.165, 1.54) is 4.68 Å². The molecule has 0 radical (unpaired) electrons. The molecular formula is C24H33N6O4S-. The lowest BCUT2D eigenvalue weighted by Crippen LogP contribution is -2.40. The number of nitrogens with one attached hydrogen (secondary N) is 1. The molecule has 0 atom stereocenters. The van der Waals surface area contributed by atoms with E-state index in [2.05, 4.69) is 14.4 Å². The van der Waals surface area contributed by atoms with Gasteiger partial charge in [-0.05, 0) is 47.1 Å². The third-order valence-electron chi connectivity index (χ3n) is 5.45. The van der Waals surface area contributed by atoms with Crippen molar-refractivity contribution in [3.8, 4) is 17.1 Å². The minimum Gasteiger partial charge on any atom is -0.493 e. The van der Waals surface area contributed by atoms with Gasteiger partial charge in [0.05, 0.1) is 17.9 Å². The molecule has 2 aromatic heterocycles. The lowest BCUT2D eigenvalue weighted by atomic mass is 10.1. The number of rotatable bonds is 8. The molecule has 1 aromatic carbocycles. The maximum Gasteiger partial charge on any atom is 0.320 e. The average molecular weight is 502 g/mol. The normalized spacial score (nSPS) is 12.6. The molecule has 10 nitrogen and oxygen atoms in total. The fraction of sp³-hybridized carbons (Fsp3) is 0.500. The van der Waals surface area contributed by atoms with Crippen LogP contribution in [-0.2, 0) is 28.3 Å². The van der Waals surface area contributed by atoms with Crippen LogP contribution in [0.3, 0.4) is 0 Å². The molecule has 2 amide bonds. The summed E-state index contributed by atoms with van der Waals surface area (Å²) in [6.45, 7) is 11.8. The molecule has 35 heavy (non-hydrogen) atoms. The predicted molar refractivity (Wildman–Crippen MR) is 136 cm³/mol. The van der Waals surface area contributed by atoms with Gasteiger partial charge in [-0.15, -0.1) is 0 Å². The molecule has 190 valence electrons. The van der Waals surface area contributed by atoms with Crippen LogP contribution >= 0.6 is 0 Å². The SMILES string of the molecule is CCCc1nn(C)c2c(=O)[nH]c(-c3cc(/[S-](=O)=N/C(=O)N(C(C)C)C(C)C)ccc3OCC)nc12. The van der Waals surface area contributed by atoms with E-state index in [9.17, 15) is 13.8 Å². The number of carbonyl (C=O) groups excluding carboxylic acids is 1. The summed E-state index contributed by atoms with van der Waals surface area (Å²) in [6, 6.07) is 4.12. The molecule has 1 N–H and O–H groups in total. The number of carbonyl (C=O) groups is 1. The van der Waals surface area contributed by atoms with Crippen LogP contribution in [0.5, 0.6) is 5.75 Å². The summed E-state index contributed by atoms with van der Waals surface area (Å²) in [6.07, 6.45) is 1.53. The maximum atomic E-state index is 13.0. The number of urea groups is 1. The molecule has 2 heterocycles. The average Bonchev–Trinajstić information content (AvgIpc) is 3.09. The molecule has 3 rings (SSSR count). The van der Waals surface area contributed by atoms with E-state index in [0.29, 0.717) is 40.3 Å². The zero-order valence-electron chi connectivity index (χ0n) is 21.3. The molecule has 0 aliphatic heterocycles. The fourth-order valence-electron chi connectivity index (χ4n) is 4.07. The van der Waals surface area contributed by atoms with Crippen molar-refractivity contribution in [2.24, 2.45) is 11.4 Å². The zero-order valence-corrected chi connectivity index (χ0v) is 22.1. The number of fused-ring (bicyclic) bond motifs is 1. The smallest absolute Gasteiger partial charge is 0.320 e. The Morgan fingerprint density at radius 1 is 1.23 bits per heavy atom. The molecule has 0 saturated carbocycles. The zero-order chi connectivity index (χ0) is 25.9. The Hall–Kier alpha value is -3.21. The van der Waals surface area contributed by atoms with Crippen LogP contribution in [0, 0.1) is 0 Å². The van der Waals surface area contributed by atoms with Crippen molar-refractivity contribution in [3.05, 3.63) is 34.2 Å². The van der Waals surface area contributed by atoms with Gasteiger partial charge in [-0.1, -0.05) is 30.4 Å². The molecule has 3 aromatic rings. The second-order valence-corrected chi connectivity index (χ2v) is 9.89. The third-order valence-corrected chi connectivity index (χ3v) is 6.43. The van der Waals surface area contributed by atoms with Crippen molar-refractivity contribution in [1.29, 1.82) is 0 Å². The third kappa shape index (κ3) is 5.55. The summed E-state index contributed by atoms with van der Waals surface area (Å²) in [5, 5.41) is 4.45. The van der Waals surface area contributed by atoms with Crippen LogP contribution in [-0.4, -0.2) is 49.4 Å². The minimum absolute atomic E-state index is 0.0862. The van der Waals surface area contributed by atoms with E-state index in [1.807, 2.05) is 41.5 Å². The minimum atomic E-state index is -1.96. The van der Waals surface area contributed by atoms with Crippen LogP contribution in [0.15, 0.2) is 32.3 Å². The second-order valence-electron chi connectivity index (χ2n) is 8.74. The van der Waals surface area contributed by atoms with Gasteiger partial charge in [0.25, 0.3) is 5.56 Å². The largest absolute Gasteiger partial charge is 0.493 e. The Morgan fingerprint density at radius 2 is 1.91 bits per heavy atom. The molecule has 11 heteroatoms. The second kappa shape index (κ2) is 11.0. The van der Waals surface area contributed by atoms with Crippen LogP contribution in [0.2, 0.25) is 0 Å². The molecule has 0 bridgehead atoms. The Bertz CT molecular complexity index is 1360. The lowest BCUT2D eigenvalue weighted by molar-refractivity contribution is 0.175. The van der Waals surface area contributed by atoms with Gasteiger partial charge in [0, 0.05) is 19.1 Å². The molecule has 0 aliphatic rings. The predicted octanol–water partition coefficient (Wildman–Crippen LogP) is 4.42. The number of H-pyrrole nitrogens is 1. The first kappa shape index (κ1) is 26.4. The number of aryl methyl sites for hydroxylation is 2. The monoisotopic (exact) mass is 501 g/mol. The molecule has 0 aliphatic carbocycles. The Kier molecular flexibility index (Phi) is 8.31. The highest BCUT2D eigenvalue weighted by Gasteiger charge is 2.19. The Labute approximate surface area is 206 Å². The molecule has 0 unspecified atom stereocenters. The van der Waals surface area contributed by atoms with E-state index in [-0.39, 0.29) is 23.5 Å². The number of aromatic nitrogens is 4. The number of benzene rings is 1. The first-order chi connectivity index (χ1) is 16.6. The van der Waals surface area contributed by atoms with E-state index < -0.39 is 16.6 Å². The van der Waals surface area contributed by atoms with Crippen LogP contribution in [0.4, 0.5) is 4.79 Å². The van der Waals surface area contributed by atoms with Crippen LogP contribution in [0.25, 0.3) is 22.4 Å². The summed E-state index contributed by atoms with van der Waals surface area (Å²) in [4.78, 5) is 35.0. The van der Waals surface area contributed by atoms with Crippen molar-refractivity contribution in [1.82, 2.24) is 24.6 Å². The molecule has 0 saturated heterocycles. The van der Waals surface area contributed by atoms with Crippen molar-refractivity contribution >= 4 is 27.7 Å². The molecule has 0 fully saturated rings. The van der Waals surface area contributed by atoms with E-state index >= 15 is 0 Å². The Morgan fingerprint density at radius 3 is 2.51 bits per heavy atom. The van der Waals surface area contributed by atoms with E-state index in [0.717, 1.165) is 12.1 Å². The lowest BCUT2D eigenvalue weighted by Gasteiger charge is -2.29. The van der Waals surface area contributed by atoms with Gasteiger partial charge in [0.1, 0.15) is 17.1 Å². The van der Waals surface area contributed by atoms with Crippen molar-refractivity contribution in [2.45, 2.75) is 71.4 Å². The number of ether oxygens (including phenoxy) is 1. The topological polar surface area (TPSA) is 123 Å². The Balaban J connectivity index is 2.15. The number of aromatic amines is 1. The number of amides is 2. The van der Waals surface area contributed by atoms with Crippen LogP contribution in [0.1, 0.15) is 53.7 Å². The van der Waals surface area contributed by atoms with Gasteiger partial charge in [-0.3, -0.25) is 9.48 Å². The highest BCUT2D eigenvalue weighted by Crippen LogP contribution is 2.30. The van der Waals surface area contributed by atoms with Gasteiger partial charge in [-0.2, -0.15) is 15.7 Å². The van der Waals surface area contributed by atoms with Gasteiger partial charge in [0.2, 0.25) is 0 Å². The summed E-state index contributed by atoms with van der Waals surface area (Å²) in [5.41, 5.74) is 1.76. The highest BCUT2D eigenvalue weighted by atomic mass is 32.2. The van der Waals surface area contributed by atoms with Gasteiger partial charge in [0.15, 0.2) is 5.52 Å². The van der Waals surface area contributed by atoms with Gasteiger partial charge < -0.3 is 23.2 Å². The molecular weight excluding hydrogens is 468 g/mol. The van der Waals surface area contributed by atoms with Crippen molar-refractivity contribution in [2.75, 3.05) is 6.61 Å². The van der Waals surface area contributed by atoms with E-state index in [4.69, 9.17) is 9.72 Å². The maximum absolute atomic E-state index is 13.0. The summed E-state index contributed by atoms with van der Waals surface area (Å²) in [7, 11) is -0.245. The fourth-order valence-corrected chi connectivity index (χ4v) is 4.82. The first-order valence-electron chi connectivity index (χ1n) is 11.8. The van der Waals surface area contributed by atoms with Crippen LogP contribution < -0.4 is 10.3 Å². The summed E-state index contributed by atoms with van der Waals surface area (Å²) < 4.78 is 24.2. The standard InChI is InChI=1S/C24H33N6O4S/c1-8-10-18-20-21(29(7)27-18)23(31)26-22(25-20)17-13-16(11-12-19(17)34-9-2)35(33)28-24(32)30(14(3)4)15(5)6/h11-15H,8-10H2,1-7H3,(H,25,26,31)/q-1. The van der Waals surface area contributed by atoms with E-state index in [1.54, 1.807) is 30.1 Å². The molecule has 0 spiro atoms. The number of hydrogen-bond acceptors (Lipinski definition) is 7. The quantitative estimate of drug-likeness (QED) is 0.456. The van der Waals surface area contributed by atoms with Crippen molar-refractivity contribution in [3.63, 3.8) is 0 Å². The summed E-state index contributed by atoms with van der Waals surface area (Å²) in [5.74, 6) is 0.737. The number of hydrogen-bond donors (Lipinski definition) is 1. The number of nitrogens with zero attached hydrogens (tertiary/aromatic N) is 5. The summed E-state index contributed by atoms with van der Waals surface area (Å²) >= 11 is 0. The van der Waals surface area contributed by atoms with Gasteiger partial charge in [-0.25, -0.2) is 9.78 Å². The highest BCUT2D eigenvalue weighted by molar-refractivity contribution is 7.75. The van der Waals surface area contributed by atoms with Gasteiger partial charge >= 0.3 is 6.03 Å².